The van der Waals surface area contributed by atoms with Gasteiger partial charge < -0.3 is 38.9 Å². The predicted molar refractivity (Wildman–Crippen MR) is 479 cm³/mol. The SMILES string of the molecule is C/C=C/C(=O)OC(C)(C)C(C)(C)C.C=CC(=O)OC(C)(C)C(C)(C)C.C=CCN(CC(C)(C)C)C(=O)/C=C/CN(C)C.CC(C)(C)CCC(=O)C1=CCC1.CC(C)(C)CCC(=O)C1=CCCC1.CC(C)(C)CCC(=O)C1=CCCCC1.CCN(CC(C)(C)C)C(=O)/C=C/CN(C)C.CN(C)C/C=C/C(=O)N(C)CC(C)(C)C. The van der Waals surface area contributed by atoms with Crippen LogP contribution in [-0.4, -0.2) is 189 Å². The Balaban J connectivity index is -0.000000390. The molecule has 0 heterocycles. The van der Waals surface area contributed by atoms with Crippen LogP contribution in [0.15, 0.2) is 109 Å². The standard InChI is InChI=1S/C14H26N2O.C13H26N2O.C13H22O.C12H24N2O.C12H20O.C11H20O2.C11H18O.C10H18O2/c1-7-10-16(12-14(2,3)4)13(17)9-8-11-15(5)6;1-7-15(11-13(2,3)4)12(16)9-8-10-14(5)6;1-13(2,3)10-9-12(14)11-7-5-4-6-8-11;1-12(2,3)10-14(6)11(15)8-7-9-13(4)5;1-12(2,3)9-8-11(13)10-6-4-5-7-10;1-7-8-9(12)13-11(5,6)10(2,3)4;1-11(2,3)8-7-10(12)9-5-4-6-9;1-7-8(11)12-10(5,6)9(2,3)4/h7-9H,1,10-12H2,2-6H3;8-9H,7,10-11H2,1-6H3;7H,4-6,8-10H2,1-3H3;7-8H,9-10H2,1-6H3;6H,4-5,7-9H2,1-3H3;7-8H,1-6H3;5H,4,6-8H2,1-3H3;7H,1H2,2-6H3/b2*9-8+;;8-7+;;8-7+;;. The van der Waals surface area contributed by atoms with Crippen LogP contribution in [0.5, 0.6) is 0 Å². The molecule has 3 amide bonds. The molecule has 112 heavy (non-hydrogen) atoms. The summed E-state index contributed by atoms with van der Waals surface area (Å²) in [5.41, 5.74) is 3.51. The average molecular weight is 1570 g/mol. The number of nitrogens with zero attached hydrogens (tertiary/aromatic N) is 6. The summed E-state index contributed by atoms with van der Waals surface area (Å²) in [6.45, 7) is 75.7. The Morgan fingerprint density at radius 3 is 0.973 bits per heavy atom. The molecule has 0 N–H and O–H groups in total. The van der Waals surface area contributed by atoms with E-state index in [1.807, 2.05) is 147 Å². The third-order valence-corrected chi connectivity index (χ3v) is 18.3. The molecule has 0 unspecified atom stereocenters. The fraction of sp³-hybridized carbons (Fsp3) is 0.729. The molecular formula is C96H174N6O10. The van der Waals surface area contributed by atoms with Gasteiger partial charge in [0.1, 0.15) is 11.2 Å². The summed E-state index contributed by atoms with van der Waals surface area (Å²) >= 11 is 0. The van der Waals surface area contributed by atoms with E-state index in [4.69, 9.17) is 9.47 Å². The first-order chi connectivity index (χ1) is 50.6. The van der Waals surface area contributed by atoms with Gasteiger partial charge in [-0.1, -0.05) is 221 Å². The molecule has 16 nitrogen and oxygen atoms in total. The zero-order chi connectivity index (χ0) is 88.7. The van der Waals surface area contributed by atoms with Crippen LogP contribution in [0.4, 0.5) is 0 Å². The van der Waals surface area contributed by atoms with Crippen LogP contribution in [0.2, 0.25) is 0 Å². The molecule has 0 fully saturated rings. The third kappa shape index (κ3) is 67.3. The minimum absolute atomic E-state index is 0.0513. The van der Waals surface area contributed by atoms with E-state index in [0.29, 0.717) is 29.3 Å². The van der Waals surface area contributed by atoms with E-state index in [1.54, 1.807) is 42.2 Å². The molecule has 3 rings (SSSR count). The van der Waals surface area contributed by atoms with Crippen LogP contribution in [0, 0.1) is 43.3 Å². The van der Waals surface area contributed by atoms with Crippen LogP contribution in [-0.2, 0) is 47.8 Å². The first-order valence-corrected chi connectivity index (χ1v) is 41.4. The van der Waals surface area contributed by atoms with Crippen molar-refractivity contribution in [1.29, 1.82) is 0 Å². The first-order valence-electron chi connectivity index (χ1n) is 41.4. The monoisotopic (exact) mass is 1570 g/mol. The normalized spacial score (nSPS) is 14.2. The lowest BCUT2D eigenvalue weighted by Crippen LogP contribution is -2.40. The number of ketones is 3. The number of esters is 2. The summed E-state index contributed by atoms with van der Waals surface area (Å²) in [5.74, 6) is 0.744. The van der Waals surface area contributed by atoms with Gasteiger partial charge in [0.2, 0.25) is 17.7 Å². The van der Waals surface area contributed by atoms with E-state index in [0.717, 1.165) is 140 Å². The van der Waals surface area contributed by atoms with Gasteiger partial charge in [-0.25, -0.2) is 9.59 Å². The summed E-state index contributed by atoms with van der Waals surface area (Å²) < 4.78 is 10.5. The highest BCUT2D eigenvalue weighted by atomic mass is 16.6. The van der Waals surface area contributed by atoms with Gasteiger partial charge in [0.15, 0.2) is 17.3 Å². The molecule has 3 aliphatic rings. The van der Waals surface area contributed by atoms with Crippen molar-refractivity contribution in [2.45, 2.75) is 315 Å². The quantitative estimate of drug-likeness (QED) is 0.0411. The molecule has 3 aliphatic carbocycles. The molecule has 0 saturated carbocycles. The zero-order valence-electron chi connectivity index (χ0n) is 79.4. The van der Waals surface area contributed by atoms with Crippen LogP contribution in [0.1, 0.15) is 304 Å². The molecule has 0 spiro atoms. The lowest BCUT2D eigenvalue weighted by Gasteiger charge is -2.37. The third-order valence-electron chi connectivity index (χ3n) is 18.3. The first kappa shape index (κ1) is 114. The van der Waals surface area contributed by atoms with Gasteiger partial charge >= 0.3 is 11.9 Å². The lowest BCUT2D eigenvalue weighted by molar-refractivity contribution is -0.161. The Kier molecular flexibility index (Phi) is 56.7. The van der Waals surface area contributed by atoms with Crippen molar-refractivity contribution in [1.82, 2.24) is 29.4 Å². The Bertz CT molecular complexity index is 3000. The topological polar surface area (TPSA) is 174 Å². The highest BCUT2D eigenvalue weighted by Crippen LogP contribution is 2.35. The van der Waals surface area contributed by atoms with E-state index in [2.05, 4.69) is 177 Å². The van der Waals surface area contributed by atoms with Gasteiger partial charge in [-0.2, -0.15) is 0 Å². The molecule has 0 aromatic heterocycles. The highest BCUT2D eigenvalue weighted by molar-refractivity contribution is 5.97. The number of likely N-dealkylation sites (N-methyl/N-ethyl adjacent to an activating group) is 5. The Hall–Kier alpha value is -6.10. The summed E-state index contributed by atoms with van der Waals surface area (Å²) in [6, 6.07) is 0. The number of allylic oxidation sites excluding steroid dienone is 7. The number of amides is 3. The molecule has 16 heteroatoms. The Morgan fingerprint density at radius 2 is 0.705 bits per heavy atom. The Morgan fingerprint density at radius 1 is 0.384 bits per heavy atom. The van der Waals surface area contributed by atoms with Crippen molar-refractivity contribution in [3.63, 3.8) is 0 Å². The maximum Gasteiger partial charge on any atom is 0.330 e. The van der Waals surface area contributed by atoms with Crippen LogP contribution in [0.3, 0.4) is 0 Å². The van der Waals surface area contributed by atoms with E-state index in [1.165, 1.54) is 31.4 Å². The lowest BCUT2D eigenvalue weighted by atomic mass is 9.79. The fourth-order valence-electron chi connectivity index (χ4n) is 9.63. The number of carbonyl (C=O) groups is 8. The van der Waals surface area contributed by atoms with Crippen LogP contribution in [0.25, 0.3) is 0 Å². The number of ether oxygens (including phenoxy) is 2. The second-order valence-electron chi connectivity index (χ2n) is 41.1. The molecule has 0 bridgehead atoms. The Labute approximate surface area is 689 Å². The molecule has 0 aromatic carbocycles. The molecule has 0 atom stereocenters. The second kappa shape index (κ2) is 55.5. The molecule has 0 radical (unpaired) electrons. The van der Waals surface area contributed by atoms with Gasteiger partial charge in [0.25, 0.3) is 0 Å². The van der Waals surface area contributed by atoms with Crippen LogP contribution < -0.4 is 0 Å². The van der Waals surface area contributed by atoms with Gasteiger partial charge in [-0.05, 0) is 210 Å². The van der Waals surface area contributed by atoms with E-state index in [-0.39, 0.29) is 67.6 Å². The number of hydrogen-bond donors (Lipinski definition) is 0. The predicted octanol–water partition coefficient (Wildman–Crippen LogP) is 21.7. The largest absolute Gasteiger partial charge is 0.456 e. The second-order valence-corrected chi connectivity index (χ2v) is 41.1. The van der Waals surface area contributed by atoms with Gasteiger partial charge in [-0.3, -0.25) is 28.8 Å². The van der Waals surface area contributed by atoms with Crippen molar-refractivity contribution in [2.24, 2.45) is 43.3 Å². The maximum atomic E-state index is 12.0. The highest BCUT2D eigenvalue weighted by Gasteiger charge is 2.37. The summed E-state index contributed by atoms with van der Waals surface area (Å²) in [4.78, 5) is 104. The van der Waals surface area contributed by atoms with E-state index >= 15 is 0 Å². The summed E-state index contributed by atoms with van der Waals surface area (Å²) in [7, 11) is 13.7. The van der Waals surface area contributed by atoms with Crippen molar-refractivity contribution >= 4 is 47.0 Å². The smallest absolute Gasteiger partial charge is 0.330 e. The van der Waals surface area contributed by atoms with Crippen LogP contribution >= 0.6 is 0 Å². The van der Waals surface area contributed by atoms with E-state index < -0.39 is 11.2 Å². The van der Waals surface area contributed by atoms with Gasteiger partial charge in [0.05, 0.1) is 0 Å². The molecule has 0 aromatic rings. The minimum atomic E-state index is -0.460. The molecule has 648 valence electrons. The number of Topliss-reactive ketones (excluding diaryl/α,β-unsaturated/α-hetero) is 3. The summed E-state index contributed by atoms with van der Waals surface area (Å²) in [5, 5.41) is 0. The fourth-order valence-corrected chi connectivity index (χ4v) is 9.63. The van der Waals surface area contributed by atoms with Crippen molar-refractivity contribution in [3.05, 3.63) is 109 Å². The number of carbonyl (C=O) groups excluding carboxylic acids is 8. The average Bonchev–Trinajstić information content (AvgIpc) is 0.869. The molecule has 0 saturated heterocycles. The number of rotatable bonds is 28. The maximum absolute atomic E-state index is 12.0. The molecule has 0 aliphatic heterocycles. The van der Waals surface area contributed by atoms with Gasteiger partial charge in [-0.15, -0.1) is 6.58 Å². The van der Waals surface area contributed by atoms with Crippen molar-refractivity contribution in [3.8, 4) is 0 Å². The van der Waals surface area contributed by atoms with Crippen molar-refractivity contribution in [2.75, 3.05) is 102 Å². The minimum Gasteiger partial charge on any atom is -0.456 e. The van der Waals surface area contributed by atoms with E-state index in [9.17, 15) is 38.4 Å². The number of hydrogen-bond acceptors (Lipinski definition) is 13. The summed E-state index contributed by atoms with van der Waals surface area (Å²) in [6.07, 6.45) is 38.3. The van der Waals surface area contributed by atoms with Crippen molar-refractivity contribution < 1.29 is 47.8 Å². The molecular weight excluding hydrogens is 1400 g/mol. The van der Waals surface area contributed by atoms with Gasteiger partial charge in [0, 0.05) is 120 Å². The zero-order valence-corrected chi connectivity index (χ0v) is 79.4.